The number of nitrogens with one attached hydrogen (secondary N) is 1. The van der Waals surface area contributed by atoms with Gasteiger partial charge in [0, 0.05) is 11.4 Å². The molecule has 0 aliphatic heterocycles. The number of pyridine rings is 1. The highest BCUT2D eigenvalue weighted by Gasteiger charge is 2.12. The molecule has 0 fully saturated rings. The van der Waals surface area contributed by atoms with Gasteiger partial charge in [0.1, 0.15) is 4.99 Å². The van der Waals surface area contributed by atoms with Gasteiger partial charge in [0.25, 0.3) is 0 Å². The Morgan fingerprint density at radius 2 is 1.95 bits per heavy atom. The molecule has 0 saturated carbocycles. The molecule has 0 aliphatic carbocycles. The zero-order valence-electron chi connectivity index (χ0n) is 10.7. The first kappa shape index (κ1) is 13.8. The second-order valence-corrected chi connectivity index (χ2v) is 5.09. The number of benzene rings is 1. The smallest absolute Gasteiger partial charge is 0.107 e. The predicted octanol–water partition coefficient (Wildman–Crippen LogP) is 3.73. The Morgan fingerprint density at radius 1 is 1.26 bits per heavy atom. The van der Waals surface area contributed by atoms with E-state index >= 15 is 0 Å². The summed E-state index contributed by atoms with van der Waals surface area (Å²) in [7, 11) is 0. The lowest BCUT2D eigenvalue weighted by atomic mass is 10.1. The monoisotopic (exact) mass is 291 g/mol. The molecule has 98 valence electrons. The maximum Gasteiger partial charge on any atom is 0.107 e. The van der Waals surface area contributed by atoms with Crippen molar-refractivity contribution in [2.45, 2.75) is 13.8 Å². The second kappa shape index (κ2) is 5.55. The summed E-state index contributed by atoms with van der Waals surface area (Å²) in [6.45, 7) is 3.81. The van der Waals surface area contributed by atoms with Crippen molar-refractivity contribution in [3.8, 4) is 0 Å². The number of nitrogens with two attached hydrogens (primary N) is 1. The van der Waals surface area contributed by atoms with Crippen molar-refractivity contribution in [2.24, 2.45) is 5.73 Å². The minimum absolute atomic E-state index is 0.319. The highest BCUT2D eigenvalue weighted by molar-refractivity contribution is 7.80. The number of aromatic nitrogens is 1. The molecule has 0 atom stereocenters. The van der Waals surface area contributed by atoms with Crippen molar-refractivity contribution < 1.29 is 0 Å². The number of nitrogens with zero attached hydrogens (tertiary/aromatic N) is 1. The van der Waals surface area contributed by atoms with E-state index in [1.54, 1.807) is 0 Å². The number of para-hydroxylation sites is 1. The molecule has 3 N–H and O–H groups in total. The summed E-state index contributed by atoms with van der Waals surface area (Å²) in [5.74, 6) is 0. The molecule has 3 nitrogen and oxygen atoms in total. The fraction of sp³-hybridized carbons (Fsp3) is 0.143. The average molecular weight is 292 g/mol. The summed E-state index contributed by atoms with van der Waals surface area (Å²) in [4.78, 5) is 4.70. The van der Waals surface area contributed by atoms with Crippen molar-refractivity contribution in [3.05, 3.63) is 52.3 Å². The molecule has 0 aliphatic rings. The van der Waals surface area contributed by atoms with Crippen LogP contribution in [0.5, 0.6) is 0 Å². The minimum atomic E-state index is 0.319. The topological polar surface area (TPSA) is 50.9 Å². The largest absolute Gasteiger partial charge is 0.389 e. The first-order valence-corrected chi connectivity index (χ1v) is 6.57. The summed E-state index contributed by atoms with van der Waals surface area (Å²) in [6, 6.07) is 9.42. The number of hydrogen-bond acceptors (Lipinski definition) is 3. The number of rotatable bonds is 3. The van der Waals surface area contributed by atoms with E-state index in [1.165, 1.54) is 0 Å². The molecule has 0 amide bonds. The summed E-state index contributed by atoms with van der Waals surface area (Å²) >= 11 is 11.2. The lowest BCUT2D eigenvalue weighted by molar-refractivity contribution is 1.12. The van der Waals surface area contributed by atoms with Crippen LogP contribution in [0.4, 0.5) is 11.4 Å². The Labute approximate surface area is 122 Å². The van der Waals surface area contributed by atoms with Gasteiger partial charge in [0.2, 0.25) is 0 Å². The molecule has 5 heteroatoms. The van der Waals surface area contributed by atoms with Crippen LogP contribution in [0.15, 0.2) is 30.3 Å². The standard InChI is InChI=1S/C14H14ClN3S/c1-8-7-12(13(14(16)19)9(2)17-8)18-11-6-4-3-5-10(11)15/h3-7H,1-2H3,(H2,16,19)(H,17,18). The van der Waals surface area contributed by atoms with Crippen molar-refractivity contribution in [3.63, 3.8) is 0 Å². The molecular weight excluding hydrogens is 278 g/mol. The molecule has 0 bridgehead atoms. The maximum atomic E-state index is 6.14. The van der Waals surface area contributed by atoms with Crippen LogP contribution in [-0.2, 0) is 0 Å². The molecule has 2 aromatic rings. The Hall–Kier alpha value is -1.65. The van der Waals surface area contributed by atoms with Crippen LogP contribution in [-0.4, -0.2) is 9.97 Å². The molecule has 0 unspecified atom stereocenters. The minimum Gasteiger partial charge on any atom is -0.389 e. The highest BCUT2D eigenvalue weighted by atomic mass is 35.5. The molecule has 0 saturated heterocycles. The van der Waals surface area contributed by atoms with Crippen molar-refractivity contribution in [2.75, 3.05) is 5.32 Å². The van der Waals surface area contributed by atoms with Gasteiger partial charge >= 0.3 is 0 Å². The van der Waals surface area contributed by atoms with E-state index in [0.717, 1.165) is 28.3 Å². The van der Waals surface area contributed by atoms with Gasteiger partial charge in [-0.2, -0.15) is 0 Å². The highest BCUT2D eigenvalue weighted by Crippen LogP contribution is 2.28. The van der Waals surface area contributed by atoms with Crippen LogP contribution in [0.2, 0.25) is 5.02 Å². The Kier molecular flexibility index (Phi) is 4.02. The number of aryl methyl sites for hydroxylation is 2. The van der Waals surface area contributed by atoms with Gasteiger partial charge in [-0.15, -0.1) is 0 Å². The lowest BCUT2D eigenvalue weighted by Crippen LogP contribution is -2.15. The third kappa shape index (κ3) is 3.03. The fourth-order valence-electron chi connectivity index (χ4n) is 1.95. The molecule has 1 heterocycles. The van der Waals surface area contributed by atoms with Crippen LogP contribution >= 0.6 is 23.8 Å². The molecular formula is C14H14ClN3S. The number of hydrogen-bond donors (Lipinski definition) is 2. The molecule has 0 spiro atoms. The van der Waals surface area contributed by atoms with E-state index in [0.29, 0.717) is 10.0 Å². The van der Waals surface area contributed by atoms with Gasteiger partial charge in [-0.05, 0) is 32.0 Å². The first-order chi connectivity index (χ1) is 8.99. The molecule has 19 heavy (non-hydrogen) atoms. The van der Waals surface area contributed by atoms with E-state index in [1.807, 2.05) is 44.2 Å². The van der Waals surface area contributed by atoms with Crippen LogP contribution in [0, 0.1) is 13.8 Å². The van der Waals surface area contributed by atoms with E-state index in [2.05, 4.69) is 10.3 Å². The fourth-order valence-corrected chi connectivity index (χ4v) is 2.39. The van der Waals surface area contributed by atoms with Gasteiger partial charge in [0.15, 0.2) is 0 Å². The third-order valence-electron chi connectivity index (χ3n) is 2.72. The first-order valence-electron chi connectivity index (χ1n) is 5.78. The summed E-state index contributed by atoms with van der Waals surface area (Å²) in [6.07, 6.45) is 0. The van der Waals surface area contributed by atoms with Gasteiger partial charge < -0.3 is 11.1 Å². The zero-order chi connectivity index (χ0) is 14.0. The number of halogens is 1. The van der Waals surface area contributed by atoms with Crippen LogP contribution in [0.3, 0.4) is 0 Å². The van der Waals surface area contributed by atoms with E-state index in [-0.39, 0.29) is 0 Å². The second-order valence-electron chi connectivity index (χ2n) is 4.24. The summed E-state index contributed by atoms with van der Waals surface area (Å²) in [5.41, 5.74) is 9.87. The molecule has 2 rings (SSSR count). The summed E-state index contributed by atoms with van der Waals surface area (Å²) < 4.78 is 0. The average Bonchev–Trinajstić information content (AvgIpc) is 2.30. The van der Waals surface area contributed by atoms with Crippen molar-refractivity contribution >= 4 is 40.2 Å². The maximum absolute atomic E-state index is 6.14. The Bertz CT molecular complexity index is 641. The van der Waals surface area contributed by atoms with Crippen LogP contribution < -0.4 is 11.1 Å². The SMILES string of the molecule is Cc1cc(Nc2ccccc2Cl)c(C(N)=S)c(C)n1. The van der Waals surface area contributed by atoms with Crippen molar-refractivity contribution in [1.29, 1.82) is 0 Å². The zero-order valence-corrected chi connectivity index (χ0v) is 12.3. The van der Waals surface area contributed by atoms with Gasteiger partial charge in [-0.25, -0.2) is 0 Å². The van der Waals surface area contributed by atoms with Crippen LogP contribution in [0.25, 0.3) is 0 Å². The quantitative estimate of drug-likeness (QED) is 0.846. The molecule has 1 aromatic carbocycles. The molecule has 1 aromatic heterocycles. The van der Waals surface area contributed by atoms with Crippen LogP contribution in [0.1, 0.15) is 17.0 Å². The predicted molar refractivity (Wildman–Crippen MR) is 84.3 cm³/mol. The number of anilines is 2. The third-order valence-corrected chi connectivity index (χ3v) is 3.25. The lowest BCUT2D eigenvalue weighted by Gasteiger charge is -2.15. The normalized spacial score (nSPS) is 10.3. The Morgan fingerprint density at radius 3 is 2.58 bits per heavy atom. The van der Waals surface area contributed by atoms with E-state index in [4.69, 9.17) is 29.6 Å². The molecule has 0 radical (unpaired) electrons. The Balaban J connectivity index is 2.51. The number of thiocarbonyl (C=S) groups is 1. The van der Waals surface area contributed by atoms with Gasteiger partial charge in [-0.1, -0.05) is 36.0 Å². The van der Waals surface area contributed by atoms with Crippen molar-refractivity contribution in [1.82, 2.24) is 4.98 Å². The van der Waals surface area contributed by atoms with E-state index in [9.17, 15) is 0 Å². The summed E-state index contributed by atoms with van der Waals surface area (Å²) in [5, 5.41) is 3.91. The van der Waals surface area contributed by atoms with E-state index < -0.39 is 0 Å². The van der Waals surface area contributed by atoms with Gasteiger partial charge in [0.05, 0.1) is 22.0 Å². The van der Waals surface area contributed by atoms with Gasteiger partial charge in [-0.3, -0.25) is 4.98 Å².